The van der Waals surface area contributed by atoms with Crippen molar-refractivity contribution in [2.24, 2.45) is 0 Å². The highest BCUT2D eigenvalue weighted by Gasteiger charge is 2.37. The third-order valence-corrected chi connectivity index (χ3v) is 8.05. The fraction of sp³-hybridized carbons (Fsp3) is 0.423. The summed E-state index contributed by atoms with van der Waals surface area (Å²) in [6, 6.07) is 8.48. The van der Waals surface area contributed by atoms with Crippen LogP contribution in [0.25, 0.3) is 21.7 Å². The quantitative estimate of drug-likeness (QED) is 0.388. The molecule has 33 heavy (non-hydrogen) atoms. The normalized spacial score (nSPS) is 16.4. The number of ether oxygens (including phenoxy) is 2. The maximum atomic E-state index is 14.1. The molecule has 0 aliphatic carbocycles. The van der Waals surface area contributed by atoms with Crippen LogP contribution in [-0.4, -0.2) is 41.2 Å². The summed E-state index contributed by atoms with van der Waals surface area (Å²) in [5, 5.41) is 2.10. The number of rotatable bonds is 2. The van der Waals surface area contributed by atoms with Gasteiger partial charge in [-0.05, 0) is 78.7 Å². The number of methoxy groups -OCH3 is 1. The van der Waals surface area contributed by atoms with Crippen molar-refractivity contribution in [1.29, 1.82) is 0 Å². The average molecular weight is 530 g/mol. The van der Waals surface area contributed by atoms with Crippen molar-refractivity contribution in [2.45, 2.75) is 52.3 Å². The third kappa shape index (κ3) is 3.84. The number of amides is 1. The van der Waals surface area contributed by atoms with E-state index in [-0.39, 0.29) is 11.4 Å². The van der Waals surface area contributed by atoms with E-state index in [4.69, 9.17) is 9.47 Å². The molecular weight excluding hydrogens is 500 g/mol. The highest BCUT2D eigenvalue weighted by Crippen LogP contribution is 2.47. The molecular formula is C26H29BrN2O3S. The van der Waals surface area contributed by atoms with Crippen molar-refractivity contribution in [3.8, 4) is 27.4 Å². The van der Waals surface area contributed by atoms with Crippen molar-refractivity contribution >= 4 is 33.2 Å². The molecule has 2 aliphatic heterocycles. The van der Waals surface area contributed by atoms with Crippen LogP contribution in [0.5, 0.6) is 5.75 Å². The number of hydrogen-bond acceptors (Lipinski definition) is 4. The molecule has 7 heteroatoms. The molecule has 174 valence electrons. The van der Waals surface area contributed by atoms with Gasteiger partial charge in [0.05, 0.1) is 23.9 Å². The van der Waals surface area contributed by atoms with Gasteiger partial charge in [0.1, 0.15) is 11.4 Å². The van der Waals surface area contributed by atoms with Gasteiger partial charge in [0.25, 0.3) is 5.91 Å². The number of fused-ring (bicyclic) bond motifs is 5. The number of aromatic nitrogens is 1. The Hall–Kier alpha value is -2.09. The van der Waals surface area contributed by atoms with Gasteiger partial charge in [-0.2, -0.15) is 0 Å². The maximum absolute atomic E-state index is 14.1. The lowest BCUT2D eigenvalue weighted by molar-refractivity contribution is 0.0544. The molecule has 4 heterocycles. The summed E-state index contributed by atoms with van der Waals surface area (Å²) in [7, 11) is 1.70. The van der Waals surface area contributed by atoms with Crippen LogP contribution in [0.4, 0.5) is 0 Å². The minimum atomic E-state index is -0.268. The number of aryl methyl sites for hydroxylation is 1. The van der Waals surface area contributed by atoms with Gasteiger partial charge in [-0.15, -0.1) is 11.3 Å². The summed E-state index contributed by atoms with van der Waals surface area (Å²) in [5.74, 6) is 0.933. The molecule has 3 aromatic rings. The molecule has 0 saturated heterocycles. The van der Waals surface area contributed by atoms with Gasteiger partial charge in [0.15, 0.2) is 0 Å². The fourth-order valence-electron chi connectivity index (χ4n) is 5.03. The van der Waals surface area contributed by atoms with Gasteiger partial charge >= 0.3 is 0 Å². The molecule has 1 amide bonds. The number of carbonyl (C=O) groups is 1. The minimum Gasteiger partial charge on any atom is -0.496 e. The first kappa shape index (κ1) is 22.7. The van der Waals surface area contributed by atoms with Gasteiger partial charge in [0.2, 0.25) is 0 Å². The van der Waals surface area contributed by atoms with Gasteiger partial charge in [-0.3, -0.25) is 4.79 Å². The predicted octanol–water partition coefficient (Wildman–Crippen LogP) is 6.37. The first-order chi connectivity index (χ1) is 15.8. The fourth-order valence-corrected chi connectivity index (χ4v) is 6.33. The zero-order valence-corrected chi connectivity index (χ0v) is 21.9. The van der Waals surface area contributed by atoms with E-state index in [1.807, 2.05) is 4.90 Å². The van der Waals surface area contributed by atoms with Crippen molar-refractivity contribution in [3.05, 3.63) is 50.9 Å². The lowest BCUT2D eigenvalue weighted by Gasteiger charge is -2.36. The Bertz CT molecular complexity index is 1210. The van der Waals surface area contributed by atoms with Crippen LogP contribution in [-0.2, 0) is 24.3 Å². The molecule has 0 N–H and O–H groups in total. The molecule has 0 radical (unpaired) electrons. The molecule has 1 aromatic carbocycles. The van der Waals surface area contributed by atoms with Crippen LogP contribution in [0.2, 0.25) is 0 Å². The molecule has 0 fully saturated rings. The number of carbonyl (C=O) groups excluding carboxylic acids is 1. The second-order valence-electron chi connectivity index (χ2n) is 9.61. The molecule has 0 unspecified atom stereocenters. The first-order valence-electron chi connectivity index (χ1n) is 11.4. The van der Waals surface area contributed by atoms with E-state index in [0.717, 1.165) is 62.6 Å². The smallest absolute Gasteiger partial charge is 0.271 e. The second-order valence-corrected chi connectivity index (χ2v) is 11.4. The number of benzene rings is 1. The van der Waals surface area contributed by atoms with Crippen molar-refractivity contribution in [1.82, 2.24) is 9.47 Å². The van der Waals surface area contributed by atoms with E-state index >= 15 is 0 Å². The molecule has 2 aliphatic rings. The zero-order chi connectivity index (χ0) is 23.3. The summed E-state index contributed by atoms with van der Waals surface area (Å²) < 4.78 is 14.9. The first-order valence-corrected chi connectivity index (χ1v) is 13.0. The van der Waals surface area contributed by atoms with E-state index in [9.17, 15) is 4.79 Å². The highest BCUT2D eigenvalue weighted by molar-refractivity contribution is 9.10. The van der Waals surface area contributed by atoms with Gasteiger partial charge in [-0.1, -0.05) is 6.07 Å². The Morgan fingerprint density at radius 2 is 2.00 bits per heavy atom. The summed E-state index contributed by atoms with van der Waals surface area (Å²) in [5.41, 5.74) is 6.15. The van der Waals surface area contributed by atoms with Crippen molar-refractivity contribution < 1.29 is 14.3 Å². The monoisotopic (exact) mass is 528 g/mol. The number of nitrogens with zero attached hydrogens (tertiary/aromatic N) is 2. The lowest BCUT2D eigenvalue weighted by Crippen LogP contribution is -2.47. The molecule has 0 bridgehead atoms. The van der Waals surface area contributed by atoms with Crippen LogP contribution >= 0.6 is 27.3 Å². The zero-order valence-electron chi connectivity index (χ0n) is 19.5. The summed E-state index contributed by atoms with van der Waals surface area (Å²) >= 11 is 5.39. The van der Waals surface area contributed by atoms with Gasteiger partial charge in [0, 0.05) is 46.8 Å². The Kier molecular flexibility index (Phi) is 5.91. The summed E-state index contributed by atoms with van der Waals surface area (Å²) in [6.45, 7) is 8.87. The number of hydrogen-bond donors (Lipinski definition) is 0. The van der Waals surface area contributed by atoms with Gasteiger partial charge in [-0.25, -0.2) is 0 Å². The van der Waals surface area contributed by atoms with E-state index in [1.54, 1.807) is 18.4 Å². The molecule has 2 aromatic heterocycles. The van der Waals surface area contributed by atoms with E-state index in [1.165, 1.54) is 5.56 Å². The van der Waals surface area contributed by atoms with E-state index < -0.39 is 0 Å². The van der Waals surface area contributed by atoms with E-state index in [2.05, 4.69) is 70.9 Å². The third-order valence-electron chi connectivity index (χ3n) is 6.54. The van der Waals surface area contributed by atoms with Crippen molar-refractivity contribution in [2.75, 3.05) is 20.3 Å². The van der Waals surface area contributed by atoms with Crippen LogP contribution in [0.3, 0.4) is 0 Å². The Morgan fingerprint density at radius 1 is 1.18 bits per heavy atom. The Morgan fingerprint density at radius 3 is 2.70 bits per heavy atom. The standard InChI is InChI=1S/C26H29BrN2O3S/c1-26(2,3)29-9-6-11-32-15-18-22(21-7-5-12-33-21)23-17-14-19(27)20(31-4)13-16(17)8-10-28(23)24(18)25(29)30/h5,7,12-14H,6,8-11,15H2,1-4H3. The largest absolute Gasteiger partial charge is 0.496 e. The Balaban J connectivity index is 1.82. The second kappa shape index (κ2) is 8.60. The number of halogens is 1. The minimum absolute atomic E-state index is 0.100. The maximum Gasteiger partial charge on any atom is 0.271 e. The Labute approximate surface area is 207 Å². The van der Waals surface area contributed by atoms with Crippen LogP contribution < -0.4 is 4.74 Å². The molecule has 0 spiro atoms. The van der Waals surface area contributed by atoms with Crippen LogP contribution in [0.1, 0.15) is 48.8 Å². The van der Waals surface area contributed by atoms with Crippen LogP contribution in [0, 0.1) is 0 Å². The number of thiophene rings is 1. The molecule has 0 saturated carbocycles. The highest BCUT2D eigenvalue weighted by atomic mass is 79.9. The SMILES string of the molecule is COc1cc2c(cc1Br)-c1c(-c3cccs3)c3c(n1CC2)C(=O)N(C(C)(C)C)CCCOC3. The van der Waals surface area contributed by atoms with Crippen LogP contribution in [0.15, 0.2) is 34.1 Å². The molecule has 5 nitrogen and oxygen atoms in total. The average Bonchev–Trinajstić information content (AvgIpc) is 3.40. The predicted molar refractivity (Wildman–Crippen MR) is 136 cm³/mol. The lowest BCUT2D eigenvalue weighted by atomic mass is 9.94. The van der Waals surface area contributed by atoms with E-state index in [0.29, 0.717) is 19.8 Å². The van der Waals surface area contributed by atoms with Crippen molar-refractivity contribution in [3.63, 3.8) is 0 Å². The topological polar surface area (TPSA) is 43.7 Å². The molecule has 0 atom stereocenters. The van der Waals surface area contributed by atoms with Gasteiger partial charge < -0.3 is 18.9 Å². The molecule has 5 rings (SSSR count). The summed E-state index contributed by atoms with van der Waals surface area (Å²) in [4.78, 5) is 17.3. The summed E-state index contributed by atoms with van der Waals surface area (Å²) in [6.07, 6.45) is 1.69.